The molecule has 3 aliphatic heterocycles. The van der Waals surface area contributed by atoms with Gasteiger partial charge < -0.3 is 52.9 Å². The van der Waals surface area contributed by atoms with Crippen LogP contribution in [0.4, 0.5) is 0 Å². The van der Waals surface area contributed by atoms with E-state index in [-0.39, 0.29) is 0 Å². The van der Waals surface area contributed by atoms with Crippen LogP contribution in [0.1, 0.15) is 20.8 Å². The Morgan fingerprint density at radius 3 is 1.70 bits per heavy atom. The van der Waals surface area contributed by atoms with Gasteiger partial charge in [0.1, 0.15) is 36.6 Å². The van der Waals surface area contributed by atoms with Crippen molar-refractivity contribution in [3.8, 4) is 0 Å². The first-order valence-electron chi connectivity index (χ1n) is 9.72. The Balaban J connectivity index is 1.49. The second kappa shape index (κ2) is 10.3. The molecule has 0 bridgehead atoms. The summed E-state index contributed by atoms with van der Waals surface area (Å²) in [4.78, 5) is 35.4. The summed E-state index contributed by atoms with van der Waals surface area (Å²) in [5, 5.41) is 19.3. The quantitative estimate of drug-likeness (QED) is 0.281. The molecule has 0 radical (unpaired) electrons. The van der Waals surface area contributed by atoms with Gasteiger partial charge in [-0.15, -0.1) is 0 Å². The van der Waals surface area contributed by atoms with Crippen LogP contribution in [0.15, 0.2) is 0 Å². The summed E-state index contributed by atoms with van der Waals surface area (Å²) in [7, 11) is -17.4. The van der Waals surface area contributed by atoms with Crippen molar-refractivity contribution in [2.24, 2.45) is 0 Å². The standard InChI is InChI=1S/C14H27O16P3/c1-6-11(15)12(16)9(25-6)4-23-31(17,18)29-33(21,22)30-32(19,20)24-5-10-14-13(7(2)26-10)27-8(3)28-14/h6-16H,4-5H2,1-3H3,(H,17,18)(H,19,20)(H,21,22)/p-3/t6-,7-,8?,9+,10+,11?,12?,13?,14-/m0/s1. The second-order valence-corrected chi connectivity index (χ2v) is 12.1. The molecule has 0 saturated carbocycles. The van der Waals surface area contributed by atoms with Crippen molar-refractivity contribution in [3.63, 3.8) is 0 Å². The average Bonchev–Trinajstić information content (AvgIpc) is 3.26. The zero-order valence-electron chi connectivity index (χ0n) is 17.6. The van der Waals surface area contributed by atoms with Crippen molar-refractivity contribution in [2.45, 2.75) is 75.9 Å². The van der Waals surface area contributed by atoms with Gasteiger partial charge in [-0.3, -0.25) is 13.7 Å². The summed E-state index contributed by atoms with van der Waals surface area (Å²) in [5.74, 6) is 0. The summed E-state index contributed by atoms with van der Waals surface area (Å²) in [6.07, 6.45) is -8.10. The number of hydrogen-bond donors (Lipinski definition) is 2. The van der Waals surface area contributed by atoms with Crippen molar-refractivity contribution in [1.29, 1.82) is 0 Å². The lowest BCUT2D eigenvalue weighted by Gasteiger charge is -2.35. The van der Waals surface area contributed by atoms with Crippen molar-refractivity contribution < 1.29 is 75.2 Å². The van der Waals surface area contributed by atoms with Gasteiger partial charge in [0.2, 0.25) is 0 Å². The first-order valence-corrected chi connectivity index (χ1v) is 14.1. The molecule has 0 aromatic rings. The molecule has 7 unspecified atom stereocenters. The molecule has 12 atom stereocenters. The molecule has 0 aromatic carbocycles. The summed E-state index contributed by atoms with van der Waals surface area (Å²) in [6, 6.07) is 0. The van der Waals surface area contributed by atoms with Crippen LogP contribution >= 0.6 is 23.5 Å². The lowest BCUT2D eigenvalue weighted by molar-refractivity contribution is -0.252. The van der Waals surface area contributed by atoms with E-state index >= 15 is 0 Å². The fraction of sp³-hybridized carbons (Fsp3) is 1.00. The molecule has 3 heterocycles. The third-order valence-corrected chi connectivity index (χ3v) is 9.17. The Bertz CT molecular complexity index is 839. The van der Waals surface area contributed by atoms with E-state index in [0.717, 1.165) is 0 Å². The number of ether oxygens (including phenoxy) is 4. The zero-order valence-corrected chi connectivity index (χ0v) is 20.2. The molecule has 0 aliphatic carbocycles. The van der Waals surface area contributed by atoms with E-state index in [0.29, 0.717) is 0 Å². The van der Waals surface area contributed by atoms with E-state index in [2.05, 4.69) is 17.7 Å². The van der Waals surface area contributed by atoms with Crippen LogP contribution in [0.2, 0.25) is 0 Å². The minimum Gasteiger partial charge on any atom is -0.756 e. The molecule has 3 fully saturated rings. The molecule has 2 N–H and O–H groups in total. The van der Waals surface area contributed by atoms with Gasteiger partial charge in [0.05, 0.1) is 25.4 Å². The summed E-state index contributed by atoms with van der Waals surface area (Å²) < 4.78 is 73.1. The van der Waals surface area contributed by atoms with Crippen LogP contribution in [0.3, 0.4) is 0 Å². The second-order valence-electron chi connectivity index (χ2n) is 7.61. The summed E-state index contributed by atoms with van der Waals surface area (Å²) in [5.41, 5.74) is 0. The number of phosphoric acid groups is 3. The van der Waals surface area contributed by atoms with E-state index in [9.17, 15) is 38.6 Å². The van der Waals surface area contributed by atoms with E-state index in [1.807, 2.05) is 0 Å². The Morgan fingerprint density at radius 2 is 1.18 bits per heavy atom. The molecular weight excluding hydrogens is 517 g/mol. The number of aliphatic hydroxyl groups excluding tert-OH is 2. The highest BCUT2D eigenvalue weighted by Crippen LogP contribution is 2.63. The highest BCUT2D eigenvalue weighted by atomic mass is 31.3. The van der Waals surface area contributed by atoms with Crippen molar-refractivity contribution in [1.82, 2.24) is 0 Å². The molecule has 0 amide bonds. The van der Waals surface area contributed by atoms with Crippen LogP contribution in [0.5, 0.6) is 0 Å². The van der Waals surface area contributed by atoms with Gasteiger partial charge in [0.15, 0.2) is 6.29 Å². The predicted octanol–water partition coefficient (Wildman–Crippen LogP) is -2.12. The SMILES string of the molecule is CC1OC2[C@H](C)O[C@H](COP(=O)([O-])OP(=O)([O-])OP(=O)([O-])OC[C@H]3O[C@@H](C)C(O)C3O)[C@@H]2O1. The monoisotopic (exact) mass is 541 g/mol. The lowest BCUT2D eigenvalue weighted by Crippen LogP contribution is -2.34. The Kier molecular flexibility index (Phi) is 8.64. The maximum absolute atomic E-state index is 11.9. The van der Waals surface area contributed by atoms with Crippen LogP contribution in [-0.4, -0.2) is 78.5 Å². The maximum atomic E-state index is 11.9. The van der Waals surface area contributed by atoms with Crippen molar-refractivity contribution in [3.05, 3.63) is 0 Å². The van der Waals surface area contributed by atoms with Crippen LogP contribution in [0.25, 0.3) is 0 Å². The number of aliphatic hydroxyl groups is 2. The third kappa shape index (κ3) is 7.11. The van der Waals surface area contributed by atoms with Gasteiger partial charge in [-0.2, -0.15) is 0 Å². The topological polar surface area (TPSA) is 235 Å². The van der Waals surface area contributed by atoms with Crippen molar-refractivity contribution in [2.75, 3.05) is 13.2 Å². The van der Waals surface area contributed by atoms with Crippen LogP contribution in [0, 0.1) is 0 Å². The summed E-state index contributed by atoms with van der Waals surface area (Å²) in [6.45, 7) is 3.06. The molecule has 33 heavy (non-hydrogen) atoms. The minimum absolute atomic E-state index is 0.454. The number of phosphoric ester groups is 2. The van der Waals surface area contributed by atoms with Crippen LogP contribution < -0.4 is 14.7 Å². The molecular formula is C14H24O16P3-3. The maximum Gasteiger partial charge on any atom is 0.280 e. The fourth-order valence-electron chi connectivity index (χ4n) is 3.58. The number of rotatable bonds is 10. The molecule has 3 rings (SSSR count). The Morgan fingerprint density at radius 1 is 0.697 bits per heavy atom. The Hall–Kier alpha value is 0.170. The number of fused-ring (bicyclic) bond motifs is 1. The average molecular weight is 541 g/mol. The number of hydrogen-bond acceptors (Lipinski definition) is 16. The first kappa shape index (κ1) is 27.8. The Labute approximate surface area is 188 Å². The van der Waals surface area contributed by atoms with Gasteiger partial charge in [-0.25, -0.2) is 8.62 Å². The molecule has 3 saturated heterocycles. The van der Waals surface area contributed by atoms with E-state index in [4.69, 9.17) is 18.9 Å². The third-order valence-electron chi connectivity index (χ3n) is 5.03. The van der Waals surface area contributed by atoms with Crippen molar-refractivity contribution >= 4 is 23.5 Å². The smallest absolute Gasteiger partial charge is 0.280 e. The van der Waals surface area contributed by atoms with Gasteiger partial charge in [-0.05, 0) is 20.8 Å². The fourth-order valence-corrected chi connectivity index (χ4v) is 6.96. The molecule has 3 aliphatic rings. The molecule has 19 heteroatoms. The molecule has 16 nitrogen and oxygen atoms in total. The lowest BCUT2D eigenvalue weighted by atomic mass is 10.1. The molecule has 0 spiro atoms. The normalized spacial score (nSPS) is 44.2. The van der Waals surface area contributed by atoms with E-state index in [1.165, 1.54) is 6.92 Å². The van der Waals surface area contributed by atoms with E-state index < -0.39 is 91.8 Å². The van der Waals surface area contributed by atoms with E-state index in [1.54, 1.807) is 13.8 Å². The highest BCUT2D eigenvalue weighted by molar-refractivity contribution is 7.65. The van der Waals surface area contributed by atoms with Gasteiger partial charge in [0.25, 0.3) is 23.5 Å². The highest BCUT2D eigenvalue weighted by Gasteiger charge is 2.50. The molecule has 0 aromatic heterocycles. The predicted molar refractivity (Wildman–Crippen MR) is 96.8 cm³/mol. The molecule has 194 valence electrons. The van der Waals surface area contributed by atoms with Gasteiger partial charge in [-0.1, -0.05) is 0 Å². The van der Waals surface area contributed by atoms with Gasteiger partial charge in [0, 0.05) is 0 Å². The van der Waals surface area contributed by atoms with Gasteiger partial charge >= 0.3 is 0 Å². The zero-order chi connectivity index (χ0) is 24.8. The first-order chi connectivity index (χ1) is 15.1. The minimum atomic E-state index is -6.04. The summed E-state index contributed by atoms with van der Waals surface area (Å²) >= 11 is 0. The van der Waals surface area contributed by atoms with Crippen LogP contribution in [-0.2, 0) is 50.3 Å². The largest absolute Gasteiger partial charge is 0.756 e.